The summed E-state index contributed by atoms with van der Waals surface area (Å²) in [5.41, 5.74) is 4.58. The topological polar surface area (TPSA) is 64.5 Å². The average molecular weight is 335 g/mol. The standard InChI is InChI=1S/C21H13N5/c1-6-16(18-10-8-14-4-2-12-22-20(14)25-18)24-17(7-1)19-11-9-15-5-3-13-23-21(15)26-19/h1-13H. The summed E-state index contributed by atoms with van der Waals surface area (Å²) in [4.78, 5) is 22.6. The van der Waals surface area contributed by atoms with E-state index in [4.69, 9.17) is 4.98 Å². The summed E-state index contributed by atoms with van der Waals surface area (Å²) in [5, 5.41) is 2.02. The normalized spacial score (nSPS) is 11.1. The highest BCUT2D eigenvalue weighted by Crippen LogP contribution is 2.23. The quantitative estimate of drug-likeness (QED) is 0.481. The van der Waals surface area contributed by atoms with E-state index in [-0.39, 0.29) is 0 Å². The summed E-state index contributed by atoms with van der Waals surface area (Å²) < 4.78 is 0. The van der Waals surface area contributed by atoms with Crippen molar-refractivity contribution in [1.82, 2.24) is 24.9 Å². The molecule has 0 aliphatic heterocycles. The summed E-state index contributed by atoms with van der Waals surface area (Å²) in [5.74, 6) is 0. The lowest BCUT2D eigenvalue weighted by atomic mass is 10.1. The molecule has 5 aromatic rings. The highest BCUT2D eigenvalue weighted by atomic mass is 14.9. The van der Waals surface area contributed by atoms with Gasteiger partial charge in [0.2, 0.25) is 0 Å². The van der Waals surface area contributed by atoms with Crippen molar-refractivity contribution in [3.63, 3.8) is 0 Å². The smallest absolute Gasteiger partial charge is 0.159 e. The molecule has 0 fully saturated rings. The molecule has 0 saturated heterocycles. The zero-order valence-electron chi connectivity index (χ0n) is 13.7. The Morgan fingerprint density at radius 2 is 0.923 bits per heavy atom. The Labute approximate surface area is 149 Å². The van der Waals surface area contributed by atoms with Crippen LogP contribution in [-0.4, -0.2) is 24.9 Å². The Balaban J connectivity index is 1.60. The van der Waals surface area contributed by atoms with E-state index in [0.717, 1.165) is 33.5 Å². The second-order valence-electron chi connectivity index (χ2n) is 5.90. The summed E-state index contributed by atoms with van der Waals surface area (Å²) in [6, 6.07) is 21.6. The van der Waals surface area contributed by atoms with Crippen molar-refractivity contribution >= 4 is 22.1 Å². The van der Waals surface area contributed by atoms with Gasteiger partial charge in [-0.05, 0) is 60.7 Å². The Kier molecular flexibility index (Phi) is 3.35. The average Bonchev–Trinajstić information content (AvgIpc) is 2.73. The second kappa shape index (κ2) is 5.97. The van der Waals surface area contributed by atoms with Crippen LogP contribution < -0.4 is 0 Å². The summed E-state index contributed by atoms with van der Waals surface area (Å²) in [6.45, 7) is 0. The van der Waals surface area contributed by atoms with E-state index in [1.165, 1.54) is 0 Å². The van der Waals surface area contributed by atoms with Gasteiger partial charge >= 0.3 is 0 Å². The Morgan fingerprint density at radius 1 is 0.423 bits per heavy atom. The molecule has 0 bridgehead atoms. The first kappa shape index (κ1) is 14.6. The highest BCUT2D eigenvalue weighted by Gasteiger charge is 2.08. The number of nitrogens with zero attached hydrogens (tertiary/aromatic N) is 5. The van der Waals surface area contributed by atoms with E-state index in [9.17, 15) is 0 Å². The lowest BCUT2D eigenvalue weighted by Gasteiger charge is -2.06. The number of fused-ring (bicyclic) bond motifs is 2. The van der Waals surface area contributed by atoms with Crippen LogP contribution >= 0.6 is 0 Å². The lowest BCUT2D eigenvalue weighted by Crippen LogP contribution is -1.94. The van der Waals surface area contributed by atoms with Gasteiger partial charge in [-0.2, -0.15) is 0 Å². The molecule has 5 heterocycles. The minimum atomic E-state index is 0.713. The number of hydrogen-bond acceptors (Lipinski definition) is 5. The first-order chi connectivity index (χ1) is 12.9. The predicted octanol–water partition coefficient (Wildman–Crippen LogP) is 4.30. The zero-order valence-corrected chi connectivity index (χ0v) is 13.7. The van der Waals surface area contributed by atoms with Crippen LogP contribution in [-0.2, 0) is 0 Å². The van der Waals surface area contributed by atoms with Gasteiger partial charge in [0.05, 0.1) is 22.8 Å². The minimum Gasteiger partial charge on any atom is -0.245 e. The Bertz CT molecular complexity index is 1150. The van der Waals surface area contributed by atoms with Crippen molar-refractivity contribution in [2.24, 2.45) is 0 Å². The number of rotatable bonds is 2. The first-order valence-electron chi connectivity index (χ1n) is 8.28. The molecule has 5 heteroatoms. The molecule has 0 amide bonds. The van der Waals surface area contributed by atoms with Gasteiger partial charge in [0.15, 0.2) is 11.3 Å². The van der Waals surface area contributed by atoms with Gasteiger partial charge in [0.25, 0.3) is 0 Å². The van der Waals surface area contributed by atoms with Gasteiger partial charge in [-0.15, -0.1) is 0 Å². The van der Waals surface area contributed by atoms with Gasteiger partial charge in [-0.1, -0.05) is 6.07 Å². The van der Waals surface area contributed by atoms with Crippen molar-refractivity contribution < 1.29 is 0 Å². The van der Waals surface area contributed by atoms with Gasteiger partial charge in [-0.3, -0.25) is 0 Å². The molecule has 5 aromatic heterocycles. The highest BCUT2D eigenvalue weighted by molar-refractivity contribution is 5.79. The summed E-state index contributed by atoms with van der Waals surface area (Å²) in [6.07, 6.45) is 3.49. The van der Waals surface area contributed by atoms with E-state index in [0.29, 0.717) is 11.3 Å². The first-order valence-corrected chi connectivity index (χ1v) is 8.28. The number of pyridine rings is 5. The van der Waals surface area contributed by atoms with Gasteiger partial charge in [-0.25, -0.2) is 24.9 Å². The zero-order chi connectivity index (χ0) is 17.3. The van der Waals surface area contributed by atoms with Crippen molar-refractivity contribution in [1.29, 1.82) is 0 Å². The van der Waals surface area contributed by atoms with E-state index < -0.39 is 0 Å². The van der Waals surface area contributed by atoms with Crippen LogP contribution in [0.3, 0.4) is 0 Å². The van der Waals surface area contributed by atoms with Gasteiger partial charge in [0, 0.05) is 23.2 Å². The lowest BCUT2D eigenvalue weighted by molar-refractivity contribution is 1.22. The monoisotopic (exact) mass is 335 g/mol. The second-order valence-corrected chi connectivity index (χ2v) is 5.90. The molecule has 0 saturated carbocycles. The fraction of sp³-hybridized carbons (Fsp3) is 0. The van der Waals surface area contributed by atoms with Crippen LogP contribution in [0.4, 0.5) is 0 Å². The largest absolute Gasteiger partial charge is 0.245 e. The van der Waals surface area contributed by atoms with Crippen LogP contribution in [0, 0.1) is 0 Å². The van der Waals surface area contributed by atoms with E-state index in [1.807, 2.05) is 66.7 Å². The molecule has 122 valence electrons. The maximum absolute atomic E-state index is 4.75. The third kappa shape index (κ3) is 2.56. The van der Waals surface area contributed by atoms with Crippen molar-refractivity contribution in [2.45, 2.75) is 0 Å². The minimum absolute atomic E-state index is 0.713. The maximum atomic E-state index is 4.75. The molecule has 0 N–H and O–H groups in total. The van der Waals surface area contributed by atoms with Crippen LogP contribution in [0.5, 0.6) is 0 Å². The van der Waals surface area contributed by atoms with E-state index in [2.05, 4.69) is 19.9 Å². The van der Waals surface area contributed by atoms with Crippen LogP contribution in [0.15, 0.2) is 79.1 Å². The van der Waals surface area contributed by atoms with Crippen LogP contribution in [0.2, 0.25) is 0 Å². The van der Waals surface area contributed by atoms with Crippen molar-refractivity contribution in [3.8, 4) is 22.8 Å². The third-order valence-corrected chi connectivity index (χ3v) is 4.20. The van der Waals surface area contributed by atoms with Gasteiger partial charge in [0.1, 0.15) is 0 Å². The third-order valence-electron chi connectivity index (χ3n) is 4.20. The van der Waals surface area contributed by atoms with E-state index in [1.54, 1.807) is 12.4 Å². The SMILES string of the molecule is c1cc(-c2ccc3cccnc3n2)nc(-c2ccc3cccnc3n2)c1. The molecule has 0 spiro atoms. The molecule has 5 nitrogen and oxygen atoms in total. The van der Waals surface area contributed by atoms with Gasteiger partial charge < -0.3 is 0 Å². The van der Waals surface area contributed by atoms with Crippen molar-refractivity contribution in [3.05, 3.63) is 79.1 Å². The van der Waals surface area contributed by atoms with Crippen LogP contribution in [0.25, 0.3) is 44.8 Å². The predicted molar refractivity (Wildman–Crippen MR) is 101 cm³/mol. The molecular weight excluding hydrogens is 322 g/mol. The number of hydrogen-bond donors (Lipinski definition) is 0. The fourth-order valence-corrected chi connectivity index (χ4v) is 2.91. The molecule has 0 unspecified atom stereocenters. The molecule has 0 aromatic carbocycles. The molecular formula is C21H13N5. The van der Waals surface area contributed by atoms with Crippen molar-refractivity contribution in [2.75, 3.05) is 0 Å². The Hall–Kier alpha value is -3.73. The molecule has 0 aliphatic rings. The Morgan fingerprint density at radius 3 is 1.46 bits per heavy atom. The molecule has 0 radical (unpaired) electrons. The fourth-order valence-electron chi connectivity index (χ4n) is 2.91. The molecule has 26 heavy (non-hydrogen) atoms. The maximum Gasteiger partial charge on any atom is 0.159 e. The van der Waals surface area contributed by atoms with Crippen LogP contribution in [0.1, 0.15) is 0 Å². The summed E-state index contributed by atoms with van der Waals surface area (Å²) >= 11 is 0. The number of aromatic nitrogens is 5. The molecule has 0 aliphatic carbocycles. The summed E-state index contributed by atoms with van der Waals surface area (Å²) in [7, 11) is 0. The molecule has 0 atom stereocenters. The van der Waals surface area contributed by atoms with E-state index >= 15 is 0 Å². The molecule has 5 rings (SSSR count).